The lowest BCUT2D eigenvalue weighted by molar-refractivity contribution is 0.813. The number of fused-ring (bicyclic) bond motifs is 2. The maximum absolute atomic E-state index is 5.88. The van der Waals surface area contributed by atoms with Crippen molar-refractivity contribution in [2.75, 3.05) is 11.5 Å². The van der Waals surface area contributed by atoms with Gasteiger partial charge in [0, 0.05) is 0 Å². The van der Waals surface area contributed by atoms with Crippen LogP contribution in [0, 0.1) is 0 Å². The van der Waals surface area contributed by atoms with Gasteiger partial charge < -0.3 is 20.6 Å². The highest BCUT2D eigenvalue weighted by Gasteiger charge is 2.10. The average molecular weight is 448 g/mol. The van der Waals surface area contributed by atoms with Crippen molar-refractivity contribution in [3.05, 3.63) is 85.0 Å². The van der Waals surface area contributed by atoms with E-state index in [1.54, 1.807) is 12.7 Å². The average Bonchev–Trinajstić information content (AvgIpc) is 3.46. The highest BCUT2D eigenvalue weighted by molar-refractivity contribution is 5.81. The molecule has 4 heterocycles. The molecule has 0 aliphatic rings. The summed E-state index contributed by atoms with van der Waals surface area (Å²) in [5, 5.41) is 0. The fraction of sp³-hybridized carbons (Fsp3) is 0.0833. The van der Waals surface area contributed by atoms with Crippen LogP contribution >= 0.6 is 0 Å². The van der Waals surface area contributed by atoms with Gasteiger partial charge in [0.15, 0.2) is 22.9 Å². The van der Waals surface area contributed by atoms with Gasteiger partial charge in [0.2, 0.25) is 0 Å². The first-order valence-electron chi connectivity index (χ1n) is 10.7. The molecule has 2 aromatic carbocycles. The third kappa shape index (κ3) is 3.47. The van der Waals surface area contributed by atoms with Gasteiger partial charge in [0.05, 0.1) is 25.7 Å². The first-order valence-corrected chi connectivity index (χ1v) is 10.7. The van der Waals surface area contributed by atoms with Crippen molar-refractivity contribution in [3.8, 4) is 11.1 Å². The molecule has 6 rings (SSSR count). The molecule has 0 aliphatic carbocycles. The fourth-order valence-electron chi connectivity index (χ4n) is 4.03. The van der Waals surface area contributed by atoms with Crippen molar-refractivity contribution in [2.45, 2.75) is 13.1 Å². The number of nitrogens with zero attached hydrogens (tertiary/aromatic N) is 8. The number of hydrogen-bond donors (Lipinski definition) is 2. The Hall–Kier alpha value is -4.86. The summed E-state index contributed by atoms with van der Waals surface area (Å²) in [5.41, 5.74) is 19.0. The predicted molar refractivity (Wildman–Crippen MR) is 130 cm³/mol. The molecule has 0 amide bonds. The Morgan fingerprint density at radius 2 is 0.941 bits per heavy atom. The maximum Gasteiger partial charge on any atom is 0.165 e. The van der Waals surface area contributed by atoms with Crippen LogP contribution in [0.4, 0.5) is 11.6 Å². The predicted octanol–water partition coefficient (Wildman–Crippen LogP) is 2.89. The number of hydrogen-bond acceptors (Lipinski definition) is 8. The van der Waals surface area contributed by atoms with Gasteiger partial charge in [-0.15, -0.1) is 0 Å². The quantitative estimate of drug-likeness (QED) is 0.410. The zero-order chi connectivity index (χ0) is 23.1. The summed E-state index contributed by atoms with van der Waals surface area (Å²) < 4.78 is 3.94. The molecule has 10 nitrogen and oxygen atoms in total. The number of benzene rings is 2. The molecule has 4 N–H and O–H groups in total. The zero-order valence-electron chi connectivity index (χ0n) is 18.1. The lowest BCUT2D eigenvalue weighted by atomic mass is 10.0. The molecule has 0 saturated carbocycles. The number of aromatic nitrogens is 8. The van der Waals surface area contributed by atoms with Gasteiger partial charge in [-0.3, -0.25) is 0 Å². The highest BCUT2D eigenvalue weighted by Crippen LogP contribution is 2.23. The monoisotopic (exact) mass is 448 g/mol. The molecule has 0 aliphatic heterocycles. The molecule has 0 bridgehead atoms. The summed E-state index contributed by atoms with van der Waals surface area (Å²) in [6.07, 6.45) is 6.40. The molecular formula is C24H20N10. The van der Waals surface area contributed by atoms with Gasteiger partial charge in [0.1, 0.15) is 23.7 Å². The Bertz CT molecular complexity index is 1490. The van der Waals surface area contributed by atoms with Gasteiger partial charge in [0.25, 0.3) is 0 Å². The van der Waals surface area contributed by atoms with Crippen molar-refractivity contribution in [2.24, 2.45) is 0 Å². The smallest absolute Gasteiger partial charge is 0.165 e. The SMILES string of the molecule is Nc1ncnc2c1ncn2Cc1ccc(-c2ccc(Cn3cnc4c(N)ncnc43)cc2)cc1. The van der Waals surface area contributed by atoms with Gasteiger partial charge in [-0.2, -0.15) is 0 Å². The van der Waals surface area contributed by atoms with Crippen molar-refractivity contribution >= 4 is 34.0 Å². The van der Waals surface area contributed by atoms with Gasteiger partial charge in [-0.25, -0.2) is 29.9 Å². The molecule has 34 heavy (non-hydrogen) atoms. The molecule has 0 saturated heterocycles. The lowest BCUT2D eigenvalue weighted by Gasteiger charge is -2.08. The Morgan fingerprint density at radius 3 is 1.35 bits per heavy atom. The number of nitrogens with two attached hydrogens (primary N) is 2. The van der Waals surface area contributed by atoms with E-state index in [1.807, 2.05) is 9.13 Å². The molecule has 0 spiro atoms. The van der Waals surface area contributed by atoms with Crippen LogP contribution in [0.5, 0.6) is 0 Å². The Balaban J connectivity index is 1.19. The van der Waals surface area contributed by atoms with Crippen LogP contribution < -0.4 is 11.5 Å². The van der Waals surface area contributed by atoms with Gasteiger partial charge in [-0.05, 0) is 22.3 Å². The summed E-state index contributed by atoms with van der Waals surface area (Å²) in [4.78, 5) is 25.3. The van der Waals surface area contributed by atoms with Gasteiger partial charge in [-0.1, -0.05) is 48.5 Å². The second-order valence-electron chi connectivity index (χ2n) is 8.00. The van der Waals surface area contributed by atoms with E-state index < -0.39 is 0 Å². The van der Waals surface area contributed by atoms with Crippen molar-refractivity contribution < 1.29 is 0 Å². The second-order valence-corrected chi connectivity index (χ2v) is 8.00. The van der Waals surface area contributed by atoms with E-state index in [2.05, 4.69) is 78.4 Å². The molecule has 0 atom stereocenters. The molecule has 0 radical (unpaired) electrons. The van der Waals surface area contributed by atoms with Gasteiger partial charge >= 0.3 is 0 Å². The van der Waals surface area contributed by atoms with Crippen molar-refractivity contribution in [3.63, 3.8) is 0 Å². The molecular weight excluding hydrogens is 428 g/mol. The molecule has 4 aromatic heterocycles. The van der Waals surface area contributed by atoms with E-state index in [0.717, 1.165) is 33.5 Å². The minimum atomic E-state index is 0.390. The third-order valence-corrected chi connectivity index (χ3v) is 5.81. The first kappa shape index (κ1) is 19.8. The van der Waals surface area contributed by atoms with Crippen molar-refractivity contribution in [1.29, 1.82) is 0 Å². The molecule has 6 aromatic rings. The largest absolute Gasteiger partial charge is 0.382 e. The van der Waals surface area contributed by atoms with E-state index in [-0.39, 0.29) is 0 Å². The Morgan fingerprint density at radius 1 is 0.529 bits per heavy atom. The van der Waals surface area contributed by atoms with Crippen molar-refractivity contribution in [1.82, 2.24) is 39.0 Å². The minimum Gasteiger partial charge on any atom is -0.382 e. The fourth-order valence-corrected chi connectivity index (χ4v) is 4.03. The van der Waals surface area contributed by atoms with Crippen LogP contribution in [0.15, 0.2) is 73.8 Å². The van der Waals surface area contributed by atoms with Crippen LogP contribution in [0.25, 0.3) is 33.5 Å². The summed E-state index contributed by atoms with van der Waals surface area (Å²) in [5.74, 6) is 0.780. The zero-order valence-corrected chi connectivity index (χ0v) is 18.1. The van der Waals surface area contributed by atoms with Crippen LogP contribution in [-0.2, 0) is 13.1 Å². The standard InChI is InChI=1S/C24H20N10/c25-21-19-23(29-11-27-21)33(13-31-19)9-15-1-5-17(6-2-15)18-7-3-16(4-8-18)10-34-14-32-20-22(26)28-12-30-24(20)34/h1-8,11-14H,9-10H2,(H2,25,27,29)(H2,26,28,30). The number of nitrogen functional groups attached to an aromatic ring is 2. The molecule has 0 unspecified atom stereocenters. The van der Waals surface area contributed by atoms with Crippen LogP contribution in [0.3, 0.4) is 0 Å². The topological polar surface area (TPSA) is 139 Å². The van der Waals surface area contributed by atoms with E-state index in [9.17, 15) is 0 Å². The number of anilines is 2. The first-order chi connectivity index (χ1) is 16.7. The normalized spacial score (nSPS) is 11.4. The minimum absolute atomic E-state index is 0.390. The van der Waals surface area contributed by atoms with Crippen LogP contribution in [0.2, 0.25) is 0 Å². The summed E-state index contributed by atoms with van der Waals surface area (Å²) in [7, 11) is 0. The lowest BCUT2D eigenvalue weighted by Crippen LogP contribution is -2.01. The van der Waals surface area contributed by atoms with E-state index in [4.69, 9.17) is 11.5 Å². The van der Waals surface area contributed by atoms with E-state index >= 15 is 0 Å². The summed E-state index contributed by atoms with van der Waals surface area (Å²) in [6, 6.07) is 16.9. The van der Waals surface area contributed by atoms with E-state index in [0.29, 0.717) is 35.8 Å². The van der Waals surface area contributed by atoms with Crippen LogP contribution in [-0.4, -0.2) is 39.0 Å². The summed E-state index contributed by atoms with van der Waals surface area (Å²) in [6.45, 7) is 1.30. The number of rotatable bonds is 5. The second kappa shape index (κ2) is 7.93. The van der Waals surface area contributed by atoms with Crippen LogP contribution in [0.1, 0.15) is 11.1 Å². The Kier molecular flexibility index (Phi) is 4.61. The molecule has 0 fully saturated rings. The van der Waals surface area contributed by atoms with E-state index in [1.165, 1.54) is 12.7 Å². The number of imidazole rings is 2. The summed E-state index contributed by atoms with van der Waals surface area (Å²) >= 11 is 0. The maximum atomic E-state index is 5.88. The Labute approximate surface area is 194 Å². The molecule has 10 heteroatoms. The molecule has 166 valence electrons. The third-order valence-electron chi connectivity index (χ3n) is 5.81. The highest BCUT2D eigenvalue weighted by atomic mass is 15.1.